The molecule has 2 aliphatic rings. The van der Waals surface area contributed by atoms with Gasteiger partial charge in [-0.1, -0.05) is 26.0 Å². The lowest BCUT2D eigenvalue weighted by molar-refractivity contribution is -0.237. The first-order chi connectivity index (χ1) is 10.4. The molecule has 1 N–H and O–H groups in total. The van der Waals surface area contributed by atoms with Crippen molar-refractivity contribution in [3.63, 3.8) is 0 Å². The van der Waals surface area contributed by atoms with E-state index in [9.17, 15) is 23.1 Å². The molecule has 0 saturated carbocycles. The number of hydrogen-bond donors (Lipinski definition) is 1. The van der Waals surface area contributed by atoms with Crippen LogP contribution in [0.1, 0.15) is 46.5 Å². The third-order valence-corrected chi connectivity index (χ3v) is 4.79. The third-order valence-electron chi connectivity index (χ3n) is 4.79. The summed E-state index contributed by atoms with van der Waals surface area (Å²) in [5.41, 5.74) is -2.35. The lowest BCUT2D eigenvalue weighted by atomic mass is 9.83. The zero-order chi connectivity index (χ0) is 17.5. The number of likely N-dealkylation sites (tertiary alicyclic amines) is 1. The second kappa shape index (κ2) is 5.96. The van der Waals surface area contributed by atoms with Crippen molar-refractivity contribution in [2.45, 2.75) is 58.2 Å². The van der Waals surface area contributed by atoms with Gasteiger partial charge in [0.1, 0.15) is 0 Å². The maximum Gasteiger partial charge on any atom is 0.420 e. The first-order valence-electron chi connectivity index (χ1n) is 7.93. The SMILES string of the molecule is CC1(C)CCCN(C(=O)C2=CC=C(C(C)(O)C(F)(F)F)CC2)C1. The fraction of sp³-hybridized carbons (Fsp3) is 0.706. The van der Waals surface area contributed by atoms with E-state index in [1.807, 2.05) is 0 Å². The molecule has 23 heavy (non-hydrogen) atoms. The van der Waals surface area contributed by atoms with Crippen molar-refractivity contribution in [1.29, 1.82) is 0 Å². The van der Waals surface area contributed by atoms with Gasteiger partial charge in [-0.05, 0) is 43.6 Å². The molecule has 0 spiro atoms. The van der Waals surface area contributed by atoms with E-state index >= 15 is 0 Å². The predicted octanol–water partition coefficient (Wildman–Crippen LogP) is 3.59. The minimum absolute atomic E-state index is 0.0430. The molecule has 1 atom stereocenters. The van der Waals surface area contributed by atoms with E-state index in [-0.39, 0.29) is 29.7 Å². The Hall–Kier alpha value is -1.30. The number of nitrogens with zero attached hydrogens (tertiary/aromatic N) is 1. The molecule has 0 aromatic carbocycles. The molecule has 0 aromatic heterocycles. The highest BCUT2D eigenvalue weighted by atomic mass is 19.4. The van der Waals surface area contributed by atoms with Crippen LogP contribution in [-0.4, -0.2) is 40.8 Å². The summed E-state index contributed by atoms with van der Waals surface area (Å²) in [5.74, 6) is -0.0975. The van der Waals surface area contributed by atoms with Crippen molar-refractivity contribution in [2.75, 3.05) is 13.1 Å². The van der Waals surface area contributed by atoms with E-state index in [0.717, 1.165) is 19.8 Å². The second-order valence-electron chi connectivity index (χ2n) is 7.45. The van der Waals surface area contributed by atoms with E-state index in [2.05, 4.69) is 13.8 Å². The summed E-state index contributed by atoms with van der Waals surface area (Å²) in [5, 5.41) is 9.70. The standard InChI is InChI=1S/C17H24F3NO2/c1-15(2)9-4-10-21(11-15)14(22)12-5-7-13(8-6-12)16(3,23)17(18,19)20/h5,7,23H,4,6,8-11H2,1-3H3. The number of carbonyl (C=O) groups excluding carboxylic acids is 1. The monoisotopic (exact) mass is 331 g/mol. The van der Waals surface area contributed by atoms with Crippen LogP contribution in [-0.2, 0) is 4.79 Å². The highest BCUT2D eigenvalue weighted by Crippen LogP contribution is 2.40. The van der Waals surface area contributed by atoms with Gasteiger partial charge in [0, 0.05) is 18.7 Å². The normalized spacial score (nSPS) is 24.6. The van der Waals surface area contributed by atoms with Crippen LogP contribution in [0.5, 0.6) is 0 Å². The Balaban J connectivity index is 2.13. The van der Waals surface area contributed by atoms with Crippen molar-refractivity contribution in [2.24, 2.45) is 5.41 Å². The second-order valence-corrected chi connectivity index (χ2v) is 7.45. The number of allylic oxidation sites excluding steroid dienone is 2. The fourth-order valence-electron chi connectivity index (χ4n) is 3.20. The molecule has 0 bridgehead atoms. The van der Waals surface area contributed by atoms with Crippen LogP contribution in [0.25, 0.3) is 0 Å². The first kappa shape index (κ1) is 18.0. The van der Waals surface area contributed by atoms with Gasteiger partial charge in [0.05, 0.1) is 0 Å². The van der Waals surface area contributed by atoms with Crippen molar-refractivity contribution in [3.8, 4) is 0 Å². The smallest absolute Gasteiger partial charge is 0.377 e. The Morgan fingerprint density at radius 1 is 1.26 bits per heavy atom. The number of aliphatic hydroxyl groups is 1. The van der Waals surface area contributed by atoms with Crippen molar-refractivity contribution >= 4 is 5.91 Å². The van der Waals surface area contributed by atoms with Crippen LogP contribution in [0.3, 0.4) is 0 Å². The van der Waals surface area contributed by atoms with Gasteiger partial charge < -0.3 is 10.0 Å². The van der Waals surface area contributed by atoms with Gasteiger partial charge >= 0.3 is 6.18 Å². The maximum absolute atomic E-state index is 12.9. The number of hydrogen-bond acceptors (Lipinski definition) is 2. The van der Waals surface area contributed by atoms with Crippen LogP contribution >= 0.6 is 0 Å². The van der Waals surface area contributed by atoms with Crippen LogP contribution in [0.15, 0.2) is 23.3 Å². The Kier molecular flexibility index (Phi) is 4.68. The first-order valence-corrected chi connectivity index (χ1v) is 7.93. The molecule has 1 aliphatic heterocycles. The van der Waals surface area contributed by atoms with Gasteiger partial charge in [-0.15, -0.1) is 0 Å². The molecule has 1 amide bonds. The van der Waals surface area contributed by atoms with Crippen molar-refractivity contribution in [1.82, 2.24) is 4.90 Å². The molecule has 2 rings (SSSR count). The summed E-state index contributed by atoms with van der Waals surface area (Å²) >= 11 is 0. The Labute approximate surface area is 134 Å². The molecule has 130 valence electrons. The van der Waals surface area contributed by atoms with E-state index in [4.69, 9.17) is 0 Å². The highest BCUT2D eigenvalue weighted by Gasteiger charge is 2.52. The number of amides is 1. The lowest BCUT2D eigenvalue weighted by Crippen LogP contribution is -2.45. The number of alkyl halides is 3. The molecule has 1 heterocycles. The molecular weight excluding hydrogens is 307 g/mol. The maximum atomic E-state index is 12.9. The summed E-state index contributed by atoms with van der Waals surface area (Å²) in [4.78, 5) is 14.3. The Morgan fingerprint density at radius 3 is 2.39 bits per heavy atom. The molecule has 6 heteroatoms. The summed E-state index contributed by atoms with van der Waals surface area (Å²) in [6.45, 7) is 6.34. The molecule has 0 aromatic rings. The molecular formula is C17H24F3NO2. The average molecular weight is 331 g/mol. The molecule has 3 nitrogen and oxygen atoms in total. The van der Waals surface area contributed by atoms with Crippen molar-refractivity contribution < 1.29 is 23.1 Å². The summed E-state index contributed by atoms with van der Waals surface area (Å²) < 4.78 is 38.6. The van der Waals surface area contributed by atoms with Gasteiger partial charge in [-0.25, -0.2) is 0 Å². The predicted molar refractivity (Wildman–Crippen MR) is 81.7 cm³/mol. The average Bonchev–Trinajstić information content (AvgIpc) is 2.44. The minimum Gasteiger partial charge on any atom is -0.377 e. The highest BCUT2D eigenvalue weighted by molar-refractivity contribution is 5.94. The summed E-state index contributed by atoms with van der Waals surface area (Å²) in [6.07, 6.45) is 0.243. The molecule has 1 unspecified atom stereocenters. The Morgan fingerprint density at radius 2 is 1.91 bits per heavy atom. The zero-order valence-corrected chi connectivity index (χ0v) is 13.8. The summed E-state index contributed by atoms with van der Waals surface area (Å²) in [7, 11) is 0. The minimum atomic E-state index is -4.72. The van der Waals surface area contributed by atoms with Crippen LogP contribution in [0, 0.1) is 5.41 Å². The van der Waals surface area contributed by atoms with Gasteiger partial charge in [0.25, 0.3) is 0 Å². The van der Waals surface area contributed by atoms with Crippen molar-refractivity contribution in [3.05, 3.63) is 23.3 Å². The van der Waals surface area contributed by atoms with Crippen LogP contribution in [0.2, 0.25) is 0 Å². The quantitative estimate of drug-likeness (QED) is 0.840. The van der Waals surface area contributed by atoms with Gasteiger partial charge in [0.2, 0.25) is 5.91 Å². The van der Waals surface area contributed by atoms with Gasteiger partial charge in [-0.3, -0.25) is 4.79 Å². The zero-order valence-electron chi connectivity index (χ0n) is 13.8. The van der Waals surface area contributed by atoms with Crippen LogP contribution < -0.4 is 0 Å². The van der Waals surface area contributed by atoms with E-state index < -0.39 is 11.8 Å². The number of piperidine rings is 1. The van der Waals surface area contributed by atoms with E-state index in [0.29, 0.717) is 18.7 Å². The fourth-order valence-corrected chi connectivity index (χ4v) is 3.20. The largest absolute Gasteiger partial charge is 0.420 e. The Bertz CT molecular complexity index is 545. The van der Waals surface area contributed by atoms with E-state index in [1.54, 1.807) is 4.90 Å². The number of halogens is 3. The topological polar surface area (TPSA) is 40.5 Å². The number of carbonyl (C=O) groups is 1. The van der Waals surface area contributed by atoms with Crippen LogP contribution in [0.4, 0.5) is 13.2 Å². The lowest BCUT2D eigenvalue weighted by Gasteiger charge is -2.39. The molecule has 1 aliphatic carbocycles. The molecule has 1 fully saturated rings. The molecule has 1 saturated heterocycles. The summed E-state index contributed by atoms with van der Waals surface area (Å²) in [6, 6.07) is 0. The van der Waals surface area contributed by atoms with Gasteiger partial charge in [0.15, 0.2) is 5.60 Å². The molecule has 0 radical (unpaired) electrons. The third kappa shape index (κ3) is 3.79. The number of rotatable bonds is 2. The van der Waals surface area contributed by atoms with E-state index in [1.165, 1.54) is 12.2 Å². The van der Waals surface area contributed by atoms with Gasteiger partial charge in [-0.2, -0.15) is 13.2 Å².